The summed E-state index contributed by atoms with van der Waals surface area (Å²) in [4.78, 5) is 22.2. The Bertz CT molecular complexity index is 1400. The van der Waals surface area contributed by atoms with Crippen LogP contribution in [0.15, 0.2) is 27.8 Å². The van der Waals surface area contributed by atoms with Crippen molar-refractivity contribution >= 4 is 16.6 Å². The zero-order valence-corrected chi connectivity index (χ0v) is 16.3. The lowest BCUT2D eigenvalue weighted by Gasteiger charge is -2.13. The van der Waals surface area contributed by atoms with Crippen molar-refractivity contribution in [3.63, 3.8) is 0 Å². The summed E-state index contributed by atoms with van der Waals surface area (Å²) in [5.41, 5.74) is 0.515. The maximum atomic E-state index is 14.3. The van der Waals surface area contributed by atoms with Crippen molar-refractivity contribution in [2.45, 2.75) is 25.8 Å². The number of rotatable bonds is 5. The molecule has 5 rings (SSSR count). The molecule has 0 saturated heterocycles. The average Bonchev–Trinajstić information content (AvgIpc) is 3.13. The Labute approximate surface area is 169 Å². The van der Waals surface area contributed by atoms with E-state index < -0.39 is 11.4 Å². The van der Waals surface area contributed by atoms with Gasteiger partial charge in [-0.15, -0.1) is 0 Å². The highest BCUT2D eigenvalue weighted by Gasteiger charge is 2.39. The Hall–Kier alpha value is -3.58. The van der Waals surface area contributed by atoms with Crippen LogP contribution in [0.3, 0.4) is 0 Å². The molecule has 1 aromatic carbocycles. The minimum absolute atomic E-state index is 0.141. The second-order valence-corrected chi connectivity index (χ2v) is 7.44. The van der Waals surface area contributed by atoms with E-state index in [1.54, 1.807) is 0 Å². The molecule has 0 bridgehead atoms. The van der Waals surface area contributed by atoms with Crippen molar-refractivity contribution in [3.05, 3.63) is 46.1 Å². The lowest BCUT2D eigenvalue weighted by molar-refractivity contribution is 0.187. The monoisotopic (exact) mass is 408 g/mol. The number of fused-ring (bicyclic) bond motifs is 3. The van der Waals surface area contributed by atoms with Gasteiger partial charge in [0.05, 0.1) is 17.6 Å². The summed E-state index contributed by atoms with van der Waals surface area (Å²) in [7, 11) is 1.50. The van der Waals surface area contributed by atoms with E-state index in [1.807, 2.05) is 6.07 Å². The number of hydrogen-bond acceptors (Lipinski definition) is 7. The third-order valence-corrected chi connectivity index (χ3v) is 5.56. The van der Waals surface area contributed by atoms with Crippen LogP contribution >= 0.6 is 0 Å². The van der Waals surface area contributed by atoms with Gasteiger partial charge in [0, 0.05) is 19.6 Å². The number of ether oxygens (including phenoxy) is 1. The standard InChI is InChI=1S/C20H17FN6O3/c1-10-7-11(10)19-24-18(25-30-19)15-17-20(28)26(5-6-29-2)16-12(8-22)13(21)3-4-14(16)27(17)9-23-15/h3-4,9-11H,5-7H2,1-2H3. The smallest absolute Gasteiger partial charge is 0.277 e. The number of halogens is 1. The molecule has 1 aliphatic carbocycles. The highest BCUT2D eigenvalue weighted by molar-refractivity contribution is 5.87. The molecule has 152 valence electrons. The number of nitrogens with zero attached hydrogens (tertiary/aromatic N) is 6. The van der Waals surface area contributed by atoms with Crippen LogP contribution < -0.4 is 5.56 Å². The normalized spacial score (nSPS) is 18.2. The Morgan fingerprint density at radius 2 is 2.20 bits per heavy atom. The maximum Gasteiger partial charge on any atom is 0.277 e. The summed E-state index contributed by atoms with van der Waals surface area (Å²) >= 11 is 0. The van der Waals surface area contributed by atoms with Crippen LogP contribution in [0.4, 0.5) is 4.39 Å². The lowest BCUT2D eigenvalue weighted by Crippen LogP contribution is -2.25. The summed E-state index contributed by atoms with van der Waals surface area (Å²) in [6.45, 7) is 2.46. The third-order valence-electron chi connectivity index (χ3n) is 5.56. The van der Waals surface area contributed by atoms with Gasteiger partial charge in [0.2, 0.25) is 11.7 Å². The molecule has 1 fully saturated rings. The number of aromatic nitrogens is 5. The van der Waals surface area contributed by atoms with Gasteiger partial charge in [-0.2, -0.15) is 10.2 Å². The van der Waals surface area contributed by atoms with E-state index >= 15 is 0 Å². The second kappa shape index (κ2) is 6.74. The zero-order chi connectivity index (χ0) is 21.0. The Morgan fingerprint density at radius 3 is 2.90 bits per heavy atom. The van der Waals surface area contributed by atoms with E-state index in [4.69, 9.17) is 9.26 Å². The van der Waals surface area contributed by atoms with E-state index in [9.17, 15) is 14.4 Å². The quantitative estimate of drug-likeness (QED) is 0.499. The fraction of sp³-hybridized carbons (Fsp3) is 0.350. The highest BCUT2D eigenvalue weighted by Crippen LogP contribution is 2.46. The summed E-state index contributed by atoms with van der Waals surface area (Å²) in [5.74, 6) is 0.792. The topological polar surface area (TPSA) is 111 Å². The van der Waals surface area contributed by atoms with Gasteiger partial charge in [0.25, 0.3) is 5.56 Å². The Morgan fingerprint density at radius 1 is 1.40 bits per heavy atom. The number of imidazole rings is 1. The van der Waals surface area contributed by atoms with Crippen LogP contribution in [0.5, 0.6) is 0 Å². The summed E-state index contributed by atoms with van der Waals surface area (Å²) in [5, 5.41) is 13.5. The molecule has 0 spiro atoms. The summed E-state index contributed by atoms with van der Waals surface area (Å²) in [6, 6.07) is 4.58. The second-order valence-electron chi connectivity index (χ2n) is 7.44. The molecular formula is C20H17FN6O3. The largest absolute Gasteiger partial charge is 0.383 e. The van der Waals surface area contributed by atoms with Crippen LogP contribution in [-0.2, 0) is 11.3 Å². The molecule has 2 unspecified atom stereocenters. The van der Waals surface area contributed by atoms with E-state index in [1.165, 1.54) is 34.5 Å². The fourth-order valence-electron chi connectivity index (χ4n) is 3.80. The lowest BCUT2D eigenvalue weighted by atomic mass is 10.1. The molecule has 1 saturated carbocycles. The van der Waals surface area contributed by atoms with Crippen molar-refractivity contribution in [1.29, 1.82) is 5.26 Å². The highest BCUT2D eigenvalue weighted by atomic mass is 19.1. The van der Waals surface area contributed by atoms with Crippen LogP contribution in [0, 0.1) is 23.1 Å². The predicted octanol–water partition coefficient (Wildman–Crippen LogP) is 2.48. The molecule has 0 aliphatic heterocycles. The molecule has 1 aliphatic rings. The van der Waals surface area contributed by atoms with Crippen molar-refractivity contribution in [2.75, 3.05) is 13.7 Å². The minimum atomic E-state index is -0.698. The average molecular weight is 408 g/mol. The first-order valence-electron chi connectivity index (χ1n) is 9.50. The van der Waals surface area contributed by atoms with Crippen molar-refractivity contribution in [1.82, 2.24) is 24.1 Å². The molecule has 4 aromatic rings. The van der Waals surface area contributed by atoms with Gasteiger partial charge in [0.1, 0.15) is 35.0 Å². The zero-order valence-electron chi connectivity index (χ0n) is 16.3. The van der Waals surface area contributed by atoms with Gasteiger partial charge < -0.3 is 13.8 Å². The molecule has 3 heterocycles. The SMILES string of the molecule is COCCn1c(=O)c2c(-c3noc(C4CC4C)n3)ncn2c2ccc(F)c(C#N)c21. The third kappa shape index (κ3) is 2.63. The first-order valence-corrected chi connectivity index (χ1v) is 9.50. The van der Waals surface area contributed by atoms with Gasteiger partial charge in [0.15, 0.2) is 0 Å². The number of nitriles is 1. The van der Waals surface area contributed by atoms with Crippen molar-refractivity contribution in [3.8, 4) is 17.6 Å². The molecular weight excluding hydrogens is 391 g/mol. The molecule has 30 heavy (non-hydrogen) atoms. The van der Waals surface area contributed by atoms with E-state index in [2.05, 4.69) is 22.0 Å². The number of methoxy groups -OCH3 is 1. The van der Waals surface area contributed by atoms with Gasteiger partial charge in [-0.05, 0) is 24.5 Å². The fourth-order valence-corrected chi connectivity index (χ4v) is 3.80. The van der Waals surface area contributed by atoms with E-state index in [0.717, 1.165) is 6.42 Å². The van der Waals surface area contributed by atoms with Gasteiger partial charge in [-0.1, -0.05) is 12.1 Å². The first-order chi connectivity index (χ1) is 14.5. The molecule has 0 amide bonds. The summed E-state index contributed by atoms with van der Waals surface area (Å²) < 4.78 is 27.7. The van der Waals surface area contributed by atoms with Crippen LogP contribution in [-0.4, -0.2) is 37.8 Å². The van der Waals surface area contributed by atoms with Crippen LogP contribution in [0.2, 0.25) is 0 Å². The van der Waals surface area contributed by atoms with Gasteiger partial charge in [-0.3, -0.25) is 9.20 Å². The van der Waals surface area contributed by atoms with E-state index in [-0.39, 0.29) is 47.2 Å². The van der Waals surface area contributed by atoms with Crippen molar-refractivity contribution < 1.29 is 13.7 Å². The van der Waals surface area contributed by atoms with Crippen LogP contribution in [0.25, 0.3) is 28.1 Å². The Kier molecular flexibility index (Phi) is 4.15. The minimum Gasteiger partial charge on any atom is -0.383 e. The predicted molar refractivity (Wildman–Crippen MR) is 103 cm³/mol. The number of benzene rings is 1. The molecule has 0 radical (unpaired) electrons. The molecule has 3 aromatic heterocycles. The molecule has 2 atom stereocenters. The maximum absolute atomic E-state index is 14.3. The van der Waals surface area contributed by atoms with Gasteiger partial charge >= 0.3 is 0 Å². The molecule has 0 N–H and O–H groups in total. The van der Waals surface area contributed by atoms with E-state index in [0.29, 0.717) is 17.3 Å². The Balaban J connectivity index is 1.80. The van der Waals surface area contributed by atoms with Crippen molar-refractivity contribution in [2.24, 2.45) is 5.92 Å². The number of hydrogen-bond donors (Lipinski definition) is 0. The summed E-state index contributed by atoms with van der Waals surface area (Å²) in [6.07, 6.45) is 2.44. The molecule has 9 nitrogen and oxygen atoms in total. The molecule has 10 heteroatoms. The first kappa shape index (κ1) is 18.4. The van der Waals surface area contributed by atoms with Gasteiger partial charge in [-0.25, -0.2) is 9.37 Å². The van der Waals surface area contributed by atoms with Crippen LogP contribution in [0.1, 0.15) is 30.7 Å².